The number of esters is 1. The summed E-state index contributed by atoms with van der Waals surface area (Å²) in [4.78, 5) is 16.1. The van der Waals surface area contributed by atoms with E-state index in [1.54, 1.807) is 24.5 Å². The Hall–Kier alpha value is -3.36. The predicted octanol–water partition coefficient (Wildman–Crippen LogP) is 6.99. The van der Waals surface area contributed by atoms with Crippen LogP contribution in [0.5, 0.6) is 11.5 Å². The first-order valence-electron chi connectivity index (χ1n) is 12.6. The van der Waals surface area contributed by atoms with E-state index in [0.717, 1.165) is 29.3 Å². The molecule has 204 valence electrons. The van der Waals surface area contributed by atoms with Crippen molar-refractivity contribution in [3.8, 4) is 11.5 Å². The van der Waals surface area contributed by atoms with E-state index in [9.17, 15) is 13.6 Å². The molecule has 2 aromatic heterocycles. The minimum atomic E-state index is -3.01. The molecule has 2 aromatic carbocycles. The molecule has 0 bridgehead atoms. The van der Waals surface area contributed by atoms with Crippen LogP contribution in [0.15, 0.2) is 61.1 Å². The van der Waals surface area contributed by atoms with E-state index < -0.39 is 18.7 Å². The SMILES string of the molecule is Cc1ccc2c(ccn2CC(=O)O[C@@H](Cc2c(Cl)c[nH+]cc2Cl)c2ccc(OC(F)F)c(OCC3CC3)c2)c1. The lowest BCUT2D eigenvalue weighted by Crippen LogP contribution is -2.19. The van der Waals surface area contributed by atoms with Gasteiger partial charge in [0.25, 0.3) is 0 Å². The van der Waals surface area contributed by atoms with Crippen molar-refractivity contribution in [1.82, 2.24) is 4.57 Å². The van der Waals surface area contributed by atoms with Gasteiger partial charge in [-0.25, -0.2) is 4.98 Å². The number of pyridine rings is 1. The average molecular weight is 576 g/mol. The van der Waals surface area contributed by atoms with Crippen LogP contribution in [-0.4, -0.2) is 23.8 Å². The van der Waals surface area contributed by atoms with Crippen molar-refractivity contribution in [3.05, 3.63) is 87.8 Å². The number of benzene rings is 2. The number of nitrogens with one attached hydrogen (secondary N) is 1. The van der Waals surface area contributed by atoms with Crippen LogP contribution in [0.25, 0.3) is 10.9 Å². The van der Waals surface area contributed by atoms with Crippen molar-refractivity contribution in [2.45, 2.75) is 45.4 Å². The summed E-state index contributed by atoms with van der Waals surface area (Å²) in [7, 11) is 0. The van der Waals surface area contributed by atoms with Gasteiger partial charge in [0.2, 0.25) is 0 Å². The average Bonchev–Trinajstić information content (AvgIpc) is 3.64. The number of carbonyl (C=O) groups excluding carboxylic acids is 1. The van der Waals surface area contributed by atoms with Gasteiger partial charge in [-0.1, -0.05) is 40.9 Å². The molecule has 0 saturated heterocycles. The zero-order chi connectivity index (χ0) is 27.5. The highest BCUT2D eigenvalue weighted by atomic mass is 35.5. The molecule has 0 amide bonds. The summed E-state index contributed by atoms with van der Waals surface area (Å²) >= 11 is 12.8. The number of halogens is 4. The first-order chi connectivity index (χ1) is 18.8. The Labute approximate surface area is 234 Å². The van der Waals surface area contributed by atoms with E-state index >= 15 is 0 Å². The van der Waals surface area contributed by atoms with Gasteiger partial charge < -0.3 is 18.8 Å². The lowest BCUT2D eigenvalue weighted by atomic mass is 10.0. The van der Waals surface area contributed by atoms with E-state index in [4.69, 9.17) is 32.7 Å². The van der Waals surface area contributed by atoms with Crippen LogP contribution in [0.3, 0.4) is 0 Å². The molecule has 10 heteroatoms. The fraction of sp³-hybridized carbons (Fsp3) is 0.310. The van der Waals surface area contributed by atoms with Gasteiger partial charge in [0.05, 0.1) is 6.61 Å². The maximum atomic E-state index is 13.2. The number of alkyl halides is 2. The van der Waals surface area contributed by atoms with Crippen LogP contribution >= 0.6 is 23.2 Å². The standard InChI is InChI=1S/C29H26Cl2F2N2O4/c1-17-2-6-24-19(10-17)8-9-35(24)15-28(36)38-26(12-21-22(30)13-34-14-23(21)31)20-5-7-25(39-29(32)33)27(11-20)37-16-18-3-4-18/h2,5-11,13-14,18,26,29H,3-4,12,15-16H2,1H3/p+1/t26-/m0/s1. The zero-order valence-corrected chi connectivity index (χ0v) is 22.6. The van der Waals surface area contributed by atoms with E-state index in [-0.39, 0.29) is 24.5 Å². The molecule has 6 nitrogen and oxygen atoms in total. The van der Waals surface area contributed by atoms with E-state index in [2.05, 4.69) is 9.72 Å². The summed E-state index contributed by atoms with van der Waals surface area (Å²) in [5, 5.41) is 1.77. The van der Waals surface area contributed by atoms with Crippen LogP contribution < -0.4 is 14.5 Å². The molecule has 0 aliphatic heterocycles. The molecular formula is C29H27Cl2F2N2O4+. The van der Waals surface area contributed by atoms with Crippen molar-refractivity contribution < 1.29 is 32.8 Å². The number of carbonyl (C=O) groups is 1. The Morgan fingerprint density at radius 2 is 1.85 bits per heavy atom. The predicted molar refractivity (Wildman–Crippen MR) is 144 cm³/mol. The molecule has 39 heavy (non-hydrogen) atoms. The van der Waals surface area contributed by atoms with E-state index in [1.165, 1.54) is 6.07 Å². The lowest BCUT2D eigenvalue weighted by molar-refractivity contribution is -0.377. The maximum absolute atomic E-state index is 13.2. The van der Waals surface area contributed by atoms with E-state index in [1.807, 2.05) is 42.0 Å². The summed E-state index contributed by atoms with van der Waals surface area (Å²) in [5.41, 5.74) is 3.13. The number of fused-ring (bicyclic) bond motifs is 1. The minimum Gasteiger partial charge on any atom is -0.489 e. The third-order valence-electron chi connectivity index (χ3n) is 6.61. The van der Waals surface area contributed by atoms with Gasteiger partial charge in [0.1, 0.15) is 22.7 Å². The molecule has 4 aromatic rings. The topological polar surface area (TPSA) is 63.8 Å². The van der Waals surface area contributed by atoms with Gasteiger partial charge in [-0.15, -0.1) is 0 Å². The molecule has 0 spiro atoms. The highest BCUT2D eigenvalue weighted by Gasteiger charge is 2.26. The number of aryl methyl sites for hydroxylation is 1. The second kappa shape index (κ2) is 11.8. The lowest BCUT2D eigenvalue weighted by Gasteiger charge is -2.21. The van der Waals surface area contributed by atoms with Crippen LogP contribution in [0.1, 0.15) is 35.6 Å². The van der Waals surface area contributed by atoms with Crippen LogP contribution in [-0.2, 0) is 22.5 Å². The van der Waals surface area contributed by atoms with Gasteiger partial charge in [0, 0.05) is 23.7 Å². The largest absolute Gasteiger partial charge is 0.489 e. The summed E-state index contributed by atoms with van der Waals surface area (Å²) in [5.74, 6) is -0.0220. The van der Waals surface area contributed by atoms with Gasteiger partial charge in [-0.05, 0) is 67.0 Å². The number of hydrogen-bond donors (Lipinski definition) is 0. The monoisotopic (exact) mass is 575 g/mol. The second-order valence-corrected chi connectivity index (χ2v) is 10.5. The van der Waals surface area contributed by atoms with Crippen LogP contribution in [0.2, 0.25) is 10.0 Å². The number of aromatic nitrogens is 2. The number of H-pyrrole nitrogens is 1. The quantitative estimate of drug-likeness (QED) is 0.181. The molecule has 0 unspecified atom stereocenters. The Kier molecular flexibility index (Phi) is 8.23. The smallest absolute Gasteiger partial charge is 0.387 e. The molecule has 1 atom stereocenters. The normalized spacial score (nSPS) is 14.0. The summed E-state index contributed by atoms with van der Waals surface area (Å²) < 4.78 is 44.4. The summed E-state index contributed by atoms with van der Waals surface area (Å²) in [6.45, 7) is -0.635. The maximum Gasteiger partial charge on any atom is 0.387 e. The minimum absolute atomic E-state index is 0.0231. The van der Waals surface area contributed by atoms with Crippen molar-refractivity contribution >= 4 is 40.1 Å². The fourth-order valence-electron chi connectivity index (χ4n) is 4.40. The molecule has 1 N–H and O–H groups in total. The molecule has 1 aliphatic rings. The number of ether oxygens (including phenoxy) is 3. The third-order valence-corrected chi connectivity index (χ3v) is 7.29. The highest BCUT2D eigenvalue weighted by Crippen LogP contribution is 2.37. The van der Waals surface area contributed by atoms with Crippen molar-refractivity contribution in [2.24, 2.45) is 5.92 Å². The molecule has 1 saturated carbocycles. The second-order valence-electron chi connectivity index (χ2n) is 9.66. The van der Waals surface area contributed by atoms with E-state index in [0.29, 0.717) is 33.7 Å². The molecule has 5 rings (SSSR count). The zero-order valence-electron chi connectivity index (χ0n) is 21.1. The fourth-order valence-corrected chi connectivity index (χ4v) is 4.93. The van der Waals surface area contributed by atoms with Crippen molar-refractivity contribution in [3.63, 3.8) is 0 Å². The third kappa shape index (κ3) is 6.81. The Bertz CT molecular complexity index is 1470. The number of rotatable bonds is 11. The molecule has 0 radical (unpaired) electrons. The number of hydrogen-bond acceptors (Lipinski definition) is 4. The van der Waals surface area contributed by atoms with Gasteiger partial charge in [-0.2, -0.15) is 8.78 Å². The summed E-state index contributed by atoms with van der Waals surface area (Å²) in [6, 6.07) is 12.5. The van der Waals surface area contributed by atoms with Gasteiger partial charge >= 0.3 is 12.6 Å². The molecule has 1 aliphatic carbocycles. The van der Waals surface area contributed by atoms with Crippen LogP contribution in [0.4, 0.5) is 8.78 Å². The Morgan fingerprint density at radius 3 is 2.56 bits per heavy atom. The molecule has 2 heterocycles. The van der Waals surface area contributed by atoms with Gasteiger partial charge in [0.15, 0.2) is 23.9 Å². The number of nitrogens with zero attached hydrogens (tertiary/aromatic N) is 1. The Morgan fingerprint density at radius 1 is 1.08 bits per heavy atom. The van der Waals surface area contributed by atoms with Crippen LogP contribution in [0, 0.1) is 12.8 Å². The first kappa shape index (κ1) is 27.2. The summed E-state index contributed by atoms with van der Waals surface area (Å²) in [6.07, 6.45) is 6.38. The van der Waals surface area contributed by atoms with Crippen molar-refractivity contribution in [1.29, 1.82) is 0 Å². The van der Waals surface area contributed by atoms with Gasteiger partial charge in [-0.3, -0.25) is 4.79 Å². The van der Waals surface area contributed by atoms with Crippen molar-refractivity contribution in [2.75, 3.05) is 6.61 Å². The Balaban J connectivity index is 1.44. The molecular weight excluding hydrogens is 549 g/mol. The molecule has 1 fully saturated rings. The highest BCUT2D eigenvalue weighted by molar-refractivity contribution is 6.35. The number of aromatic amines is 1. The first-order valence-corrected chi connectivity index (χ1v) is 13.3.